The molecule has 1 aromatic heterocycles. The molecule has 1 N–H and O–H groups in total. The maximum absolute atomic E-state index is 9.24. The Kier molecular flexibility index (Phi) is 3.95. The van der Waals surface area contributed by atoms with Gasteiger partial charge in [0.25, 0.3) is 0 Å². The molecule has 0 spiro atoms. The Bertz CT molecular complexity index is 351. The lowest BCUT2D eigenvalue weighted by atomic mass is 10.2. The first-order chi connectivity index (χ1) is 7.70. The number of aryl methyl sites for hydroxylation is 2. The highest BCUT2D eigenvalue weighted by Gasteiger charge is 2.23. The minimum Gasteiger partial charge on any atom is -0.395 e. The highest BCUT2D eigenvalue weighted by molar-refractivity contribution is 7.11. The molecule has 1 saturated heterocycles. The van der Waals surface area contributed by atoms with Crippen LogP contribution in [0.3, 0.4) is 0 Å². The summed E-state index contributed by atoms with van der Waals surface area (Å²) in [6, 6.07) is 0.389. The lowest BCUT2D eigenvalue weighted by Gasteiger charge is -2.22. The van der Waals surface area contributed by atoms with Crippen molar-refractivity contribution < 1.29 is 5.11 Å². The van der Waals surface area contributed by atoms with E-state index in [1.807, 2.05) is 0 Å². The van der Waals surface area contributed by atoms with Crippen LogP contribution in [0.2, 0.25) is 0 Å². The van der Waals surface area contributed by atoms with Crippen LogP contribution in [0.15, 0.2) is 0 Å². The zero-order valence-corrected chi connectivity index (χ0v) is 10.9. The molecule has 1 aliphatic heterocycles. The maximum Gasteiger partial charge on any atom is 0.0900 e. The van der Waals surface area contributed by atoms with Crippen molar-refractivity contribution in [1.82, 2.24) is 9.88 Å². The molecule has 2 rings (SSSR count). The van der Waals surface area contributed by atoms with Crippen LogP contribution in [0.1, 0.15) is 28.4 Å². The highest BCUT2D eigenvalue weighted by Crippen LogP contribution is 2.20. The Morgan fingerprint density at radius 2 is 2.31 bits per heavy atom. The van der Waals surface area contributed by atoms with E-state index in [-0.39, 0.29) is 0 Å². The zero-order chi connectivity index (χ0) is 11.5. The van der Waals surface area contributed by atoms with E-state index in [1.165, 1.54) is 17.0 Å². The number of hydrogen-bond acceptors (Lipinski definition) is 4. The maximum atomic E-state index is 9.24. The predicted molar refractivity (Wildman–Crippen MR) is 67.0 cm³/mol. The van der Waals surface area contributed by atoms with Crippen molar-refractivity contribution in [3.05, 3.63) is 15.6 Å². The van der Waals surface area contributed by atoms with Crippen LogP contribution in [-0.2, 0) is 6.42 Å². The predicted octanol–water partition coefficient (Wildman–Crippen LogP) is 1.76. The summed E-state index contributed by atoms with van der Waals surface area (Å²) in [6.07, 6.45) is 3.39. The van der Waals surface area contributed by atoms with Crippen LogP contribution < -0.4 is 0 Å². The molecule has 1 aliphatic rings. The molecule has 0 bridgehead atoms. The van der Waals surface area contributed by atoms with Crippen molar-refractivity contribution in [3.63, 3.8) is 0 Å². The molecule has 0 aliphatic carbocycles. The van der Waals surface area contributed by atoms with Crippen molar-refractivity contribution >= 4 is 11.3 Å². The molecule has 2 heterocycles. The van der Waals surface area contributed by atoms with Crippen LogP contribution in [0.4, 0.5) is 0 Å². The summed E-state index contributed by atoms with van der Waals surface area (Å²) in [4.78, 5) is 8.29. The van der Waals surface area contributed by atoms with Crippen molar-refractivity contribution in [1.29, 1.82) is 0 Å². The summed E-state index contributed by atoms with van der Waals surface area (Å²) in [7, 11) is 0. The fourth-order valence-corrected chi connectivity index (χ4v) is 3.31. The van der Waals surface area contributed by atoms with Gasteiger partial charge in [0.2, 0.25) is 0 Å². The van der Waals surface area contributed by atoms with Gasteiger partial charge in [0.05, 0.1) is 17.3 Å². The van der Waals surface area contributed by atoms with Crippen LogP contribution in [-0.4, -0.2) is 40.7 Å². The van der Waals surface area contributed by atoms with Gasteiger partial charge in [0.1, 0.15) is 0 Å². The fourth-order valence-electron chi connectivity index (χ4n) is 2.45. The standard InChI is InChI=1S/C12H20N2OS/c1-9-12(13-10(2)16-9)5-7-14-6-3-4-11(14)8-15/h11,15H,3-8H2,1-2H3/t11-/m0/s1. The van der Waals surface area contributed by atoms with Gasteiger partial charge in [-0.25, -0.2) is 4.98 Å². The van der Waals surface area contributed by atoms with E-state index in [1.54, 1.807) is 11.3 Å². The van der Waals surface area contributed by atoms with Gasteiger partial charge >= 0.3 is 0 Å². The molecule has 1 fully saturated rings. The summed E-state index contributed by atoms with van der Waals surface area (Å²) in [5.74, 6) is 0. The Morgan fingerprint density at radius 1 is 1.50 bits per heavy atom. The molecular formula is C12H20N2OS. The molecule has 90 valence electrons. The van der Waals surface area contributed by atoms with Crippen molar-refractivity contribution in [2.45, 2.75) is 39.2 Å². The van der Waals surface area contributed by atoms with E-state index in [0.29, 0.717) is 12.6 Å². The minimum absolute atomic E-state index is 0.301. The van der Waals surface area contributed by atoms with E-state index in [2.05, 4.69) is 23.7 Å². The fraction of sp³-hybridized carbons (Fsp3) is 0.750. The summed E-state index contributed by atoms with van der Waals surface area (Å²) >= 11 is 1.78. The van der Waals surface area contributed by atoms with Gasteiger partial charge in [-0.15, -0.1) is 11.3 Å². The molecular weight excluding hydrogens is 220 g/mol. The van der Waals surface area contributed by atoms with Gasteiger partial charge in [-0.3, -0.25) is 4.90 Å². The van der Waals surface area contributed by atoms with Gasteiger partial charge in [0, 0.05) is 23.9 Å². The van der Waals surface area contributed by atoms with Crippen molar-refractivity contribution in [3.8, 4) is 0 Å². The first kappa shape index (κ1) is 12.0. The second-order valence-electron chi connectivity index (χ2n) is 4.50. The second-order valence-corrected chi connectivity index (χ2v) is 5.91. The van der Waals surface area contributed by atoms with Crippen LogP contribution >= 0.6 is 11.3 Å². The largest absolute Gasteiger partial charge is 0.395 e. The summed E-state index contributed by atoms with van der Waals surface area (Å²) in [5, 5.41) is 10.4. The number of nitrogens with zero attached hydrogens (tertiary/aromatic N) is 2. The number of rotatable bonds is 4. The van der Waals surface area contributed by atoms with Crippen molar-refractivity contribution in [2.75, 3.05) is 19.7 Å². The molecule has 1 aromatic rings. The van der Waals surface area contributed by atoms with Gasteiger partial charge in [-0.05, 0) is 33.2 Å². The van der Waals surface area contributed by atoms with Crippen LogP contribution in [0.5, 0.6) is 0 Å². The lowest BCUT2D eigenvalue weighted by Crippen LogP contribution is -2.33. The third-order valence-corrected chi connectivity index (χ3v) is 4.27. The molecule has 0 radical (unpaired) electrons. The Balaban J connectivity index is 1.89. The number of likely N-dealkylation sites (tertiary alicyclic amines) is 1. The molecule has 0 aromatic carbocycles. The Hall–Kier alpha value is -0.450. The molecule has 0 unspecified atom stereocenters. The summed E-state index contributed by atoms with van der Waals surface area (Å²) in [6.45, 7) is 6.68. The molecule has 16 heavy (non-hydrogen) atoms. The van der Waals surface area contributed by atoms with Crippen LogP contribution in [0, 0.1) is 13.8 Å². The van der Waals surface area contributed by atoms with E-state index < -0.39 is 0 Å². The minimum atomic E-state index is 0.301. The normalized spacial score (nSPS) is 21.8. The van der Waals surface area contributed by atoms with E-state index in [4.69, 9.17) is 0 Å². The number of thiazole rings is 1. The molecule has 0 amide bonds. The Labute approximate surface area is 101 Å². The Morgan fingerprint density at radius 3 is 2.94 bits per heavy atom. The molecule has 1 atom stereocenters. The first-order valence-corrected chi connectivity index (χ1v) is 6.80. The number of aliphatic hydroxyl groups excluding tert-OH is 1. The molecule has 3 nitrogen and oxygen atoms in total. The second kappa shape index (κ2) is 5.25. The summed E-state index contributed by atoms with van der Waals surface area (Å²) in [5.41, 5.74) is 1.24. The van der Waals surface area contributed by atoms with Crippen molar-refractivity contribution in [2.24, 2.45) is 0 Å². The van der Waals surface area contributed by atoms with E-state index in [9.17, 15) is 5.11 Å². The third-order valence-electron chi connectivity index (χ3n) is 3.35. The zero-order valence-electron chi connectivity index (χ0n) is 10.1. The van der Waals surface area contributed by atoms with Gasteiger partial charge < -0.3 is 5.11 Å². The van der Waals surface area contributed by atoms with E-state index >= 15 is 0 Å². The smallest absolute Gasteiger partial charge is 0.0900 e. The van der Waals surface area contributed by atoms with Gasteiger partial charge in [0.15, 0.2) is 0 Å². The van der Waals surface area contributed by atoms with Gasteiger partial charge in [-0.2, -0.15) is 0 Å². The lowest BCUT2D eigenvalue weighted by molar-refractivity contribution is 0.160. The van der Waals surface area contributed by atoms with E-state index in [0.717, 1.165) is 30.9 Å². The first-order valence-electron chi connectivity index (χ1n) is 5.98. The number of aromatic nitrogens is 1. The number of hydrogen-bond donors (Lipinski definition) is 1. The quantitative estimate of drug-likeness (QED) is 0.871. The average Bonchev–Trinajstić information content (AvgIpc) is 2.81. The average molecular weight is 240 g/mol. The topological polar surface area (TPSA) is 36.4 Å². The third kappa shape index (κ3) is 2.62. The monoisotopic (exact) mass is 240 g/mol. The highest BCUT2D eigenvalue weighted by atomic mass is 32.1. The van der Waals surface area contributed by atoms with Crippen LogP contribution in [0.25, 0.3) is 0 Å². The summed E-state index contributed by atoms with van der Waals surface area (Å²) < 4.78 is 0. The SMILES string of the molecule is Cc1nc(CCN2CCC[C@H]2CO)c(C)s1. The molecule has 0 saturated carbocycles. The molecule has 4 heteroatoms. The number of aliphatic hydroxyl groups is 1. The van der Waals surface area contributed by atoms with Gasteiger partial charge in [-0.1, -0.05) is 0 Å².